The summed E-state index contributed by atoms with van der Waals surface area (Å²) in [6.45, 7) is 7.36. The van der Waals surface area contributed by atoms with E-state index in [2.05, 4.69) is 10.1 Å². The molecule has 1 aliphatic rings. The van der Waals surface area contributed by atoms with E-state index in [1.54, 1.807) is 6.07 Å². The third-order valence-corrected chi connectivity index (χ3v) is 5.87. The number of phenols is 1. The number of amides is 1. The lowest BCUT2D eigenvalue weighted by atomic mass is 10.00. The fourth-order valence-corrected chi connectivity index (χ4v) is 4.24. The van der Waals surface area contributed by atoms with Gasteiger partial charge < -0.3 is 10.0 Å². The summed E-state index contributed by atoms with van der Waals surface area (Å²) in [6.07, 6.45) is -4.05. The molecule has 164 valence electrons. The van der Waals surface area contributed by atoms with Crippen molar-refractivity contribution in [2.45, 2.75) is 39.9 Å². The van der Waals surface area contributed by atoms with E-state index in [1.165, 1.54) is 6.92 Å². The first-order valence-corrected chi connectivity index (χ1v) is 10.1. The van der Waals surface area contributed by atoms with Crippen LogP contribution in [0, 0.1) is 19.8 Å². The minimum Gasteiger partial charge on any atom is -0.507 e. The molecule has 2 aromatic heterocycles. The number of fused-ring (bicyclic) bond motifs is 1. The minimum absolute atomic E-state index is 0.149. The minimum atomic E-state index is -4.54. The van der Waals surface area contributed by atoms with Crippen molar-refractivity contribution < 1.29 is 23.1 Å². The number of hydrogen-bond donors (Lipinski definition) is 1. The number of aryl methyl sites for hydroxylation is 2. The molecule has 4 rings (SSSR count). The van der Waals surface area contributed by atoms with Crippen molar-refractivity contribution >= 4 is 16.9 Å². The summed E-state index contributed by atoms with van der Waals surface area (Å²) < 4.78 is 40.9. The molecule has 1 atom stereocenters. The lowest BCUT2D eigenvalue weighted by Gasteiger charge is -2.14. The Morgan fingerprint density at radius 2 is 1.97 bits per heavy atom. The van der Waals surface area contributed by atoms with Gasteiger partial charge in [-0.25, -0.2) is 4.98 Å². The van der Waals surface area contributed by atoms with Gasteiger partial charge in [0.25, 0.3) is 0 Å². The third kappa shape index (κ3) is 3.84. The van der Waals surface area contributed by atoms with Gasteiger partial charge in [-0.1, -0.05) is 0 Å². The molecule has 1 aromatic carbocycles. The number of rotatable bonds is 4. The summed E-state index contributed by atoms with van der Waals surface area (Å²) in [4.78, 5) is 18.3. The number of alkyl halides is 3. The maximum atomic E-state index is 13.0. The highest BCUT2D eigenvalue weighted by atomic mass is 19.4. The van der Waals surface area contributed by atoms with Gasteiger partial charge in [0.2, 0.25) is 5.91 Å². The van der Waals surface area contributed by atoms with Gasteiger partial charge in [0.1, 0.15) is 5.75 Å². The van der Waals surface area contributed by atoms with Crippen molar-refractivity contribution in [2.75, 3.05) is 13.1 Å². The number of phenolic OH excluding ortho intramolecular Hbond substituents is 1. The number of halogens is 3. The third-order valence-electron chi connectivity index (χ3n) is 5.87. The van der Waals surface area contributed by atoms with Crippen LogP contribution in [0.4, 0.5) is 13.2 Å². The van der Waals surface area contributed by atoms with Gasteiger partial charge in [-0.15, -0.1) is 0 Å². The topological polar surface area (TPSA) is 71.2 Å². The Balaban J connectivity index is 1.68. The second kappa shape index (κ2) is 7.55. The molecule has 6 nitrogen and oxygen atoms in total. The molecule has 9 heteroatoms. The highest BCUT2D eigenvalue weighted by Crippen LogP contribution is 2.39. The molecule has 3 aromatic rings. The molecular formula is C22H23F3N4O2. The zero-order chi connectivity index (χ0) is 22.5. The number of aromatic hydroxyl groups is 1. The van der Waals surface area contributed by atoms with Gasteiger partial charge >= 0.3 is 6.18 Å². The lowest BCUT2D eigenvalue weighted by Crippen LogP contribution is -2.25. The van der Waals surface area contributed by atoms with Crippen LogP contribution in [0.25, 0.3) is 22.3 Å². The molecule has 1 saturated heterocycles. The average Bonchev–Trinajstić information content (AvgIpc) is 3.19. The van der Waals surface area contributed by atoms with E-state index in [4.69, 9.17) is 0 Å². The lowest BCUT2D eigenvalue weighted by molar-refractivity contribution is -0.137. The molecule has 1 N–H and O–H groups in total. The maximum absolute atomic E-state index is 13.0. The first-order chi connectivity index (χ1) is 14.6. The van der Waals surface area contributed by atoms with Gasteiger partial charge in [0.05, 0.1) is 11.3 Å². The zero-order valence-corrected chi connectivity index (χ0v) is 17.5. The molecule has 3 heterocycles. The molecule has 0 spiro atoms. The Kier molecular flexibility index (Phi) is 5.15. The average molecular weight is 432 g/mol. The fraction of sp³-hybridized carbons (Fsp3) is 0.409. The van der Waals surface area contributed by atoms with Crippen LogP contribution < -0.4 is 0 Å². The molecule has 1 fully saturated rings. The van der Waals surface area contributed by atoms with E-state index < -0.39 is 17.5 Å². The Morgan fingerprint density at radius 1 is 1.23 bits per heavy atom. The summed E-state index contributed by atoms with van der Waals surface area (Å²) >= 11 is 0. The molecule has 0 radical (unpaired) electrons. The summed E-state index contributed by atoms with van der Waals surface area (Å²) in [6, 6.07) is 5.20. The Morgan fingerprint density at radius 3 is 2.58 bits per heavy atom. The number of benzene rings is 1. The SMILES string of the molecule is CCN1C[C@H](Cn2nc3nc(-c4c(C)cc(C(F)(F)F)cc4O)ccc3c2C)CC1=O. The van der Waals surface area contributed by atoms with E-state index in [0.29, 0.717) is 43.5 Å². The van der Waals surface area contributed by atoms with E-state index in [1.807, 2.05) is 29.5 Å². The largest absolute Gasteiger partial charge is 0.507 e. The number of nitrogens with zero attached hydrogens (tertiary/aromatic N) is 4. The Labute approximate surface area is 177 Å². The van der Waals surface area contributed by atoms with Gasteiger partial charge in [0.15, 0.2) is 5.65 Å². The first-order valence-electron chi connectivity index (χ1n) is 10.1. The van der Waals surface area contributed by atoms with Crippen LogP contribution in [0.2, 0.25) is 0 Å². The monoisotopic (exact) mass is 432 g/mol. The van der Waals surface area contributed by atoms with Gasteiger partial charge in [-0.05, 0) is 50.6 Å². The van der Waals surface area contributed by atoms with Crippen molar-refractivity contribution in [1.82, 2.24) is 19.7 Å². The smallest absolute Gasteiger partial charge is 0.416 e. The Bertz CT molecular complexity index is 1150. The van der Waals surface area contributed by atoms with Crippen molar-refractivity contribution in [3.63, 3.8) is 0 Å². The van der Waals surface area contributed by atoms with Crippen molar-refractivity contribution in [3.8, 4) is 17.0 Å². The second-order valence-corrected chi connectivity index (χ2v) is 8.02. The molecule has 31 heavy (non-hydrogen) atoms. The number of hydrogen-bond acceptors (Lipinski definition) is 4. The quantitative estimate of drug-likeness (QED) is 0.667. The number of likely N-dealkylation sites (tertiary alicyclic amines) is 1. The molecule has 0 saturated carbocycles. The predicted molar refractivity (Wildman–Crippen MR) is 109 cm³/mol. The van der Waals surface area contributed by atoms with Crippen molar-refractivity contribution in [3.05, 3.63) is 41.1 Å². The van der Waals surface area contributed by atoms with E-state index in [-0.39, 0.29) is 23.0 Å². The molecule has 0 unspecified atom stereocenters. The van der Waals surface area contributed by atoms with Crippen molar-refractivity contribution in [2.24, 2.45) is 5.92 Å². The normalized spacial score (nSPS) is 17.2. The first kappa shape index (κ1) is 21.1. The summed E-state index contributed by atoms with van der Waals surface area (Å²) in [7, 11) is 0. The molecule has 0 bridgehead atoms. The molecular weight excluding hydrogens is 409 g/mol. The summed E-state index contributed by atoms with van der Waals surface area (Å²) in [5.41, 5.74) is 1.34. The van der Waals surface area contributed by atoms with Crippen LogP contribution in [0.15, 0.2) is 24.3 Å². The van der Waals surface area contributed by atoms with Crippen LogP contribution in [0.1, 0.15) is 30.2 Å². The Hall–Kier alpha value is -3.10. The highest BCUT2D eigenvalue weighted by Gasteiger charge is 2.32. The van der Waals surface area contributed by atoms with E-state index in [0.717, 1.165) is 17.1 Å². The van der Waals surface area contributed by atoms with Crippen LogP contribution in [-0.2, 0) is 17.5 Å². The number of carbonyl (C=O) groups excluding carboxylic acids is 1. The van der Waals surface area contributed by atoms with Gasteiger partial charge in [0, 0.05) is 48.6 Å². The molecule has 1 amide bonds. The second-order valence-electron chi connectivity index (χ2n) is 8.02. The predicted octanol–water partition coefficient (Wildman–Crippen LogP) is 4.31. The van der Waals surface area contributed by atoms with Crippen LogP contribution in [0.5, 0.6) is 5.75 Å². The van der Waals surface area contributed by atoms with Crippen molar-refractivity contribution in [1.29, 1.82) is 0 Å². The van der Waals surface area contributed by atoms with E-state index in [9.17, 15) is 23.1 Å². The number of pyridine rings is 1. The fourth-order valence-electron chi connectivity index (χ4n) is 4.24. The maximum Gasteiger partial charge on any atom is 0.416 e. The summed E-state index contributed by atoms with van der Waals surface area (Å²) in [5, 5.41) is 15.7. The zero-order valence-electron chi connectivity index (χ0n) is 17.5. The van der Waals surface area contributed by atoms with Crippen LogP contribution >= 0.6 is 0 Å². The van der Waals surface area contributed by atoms with Gasteiger partial charge in [-0.3, -0.25) is 9.48 Å². The molecule has 1 aliphatic heterocycles. The molecule has 0 aliphatic carbocycles. The standard InChI is InChI=1S/C22H23F3N4O2/c1-4-28-10-14(8-19(28)31)11-29-13(3)16-5-6-17(26-21(16)27-29)20-12(2)7-15(9-18(20)30)22(23,24)25/h5-7,9,14,30H,4,8,10-11H2,1-3H3/t14-/m1/s1. The number of carbonyl (C=O) groups is 1. The summed E-state index contributed by atoms with van der Waals surface area (Å²) in [5.74, 6) is -0.156. The van der Waals surface area contributed by atoms with E-state index >= 15 is 0 Å². The number of aromatic nitrogens is 3. The highest BCUT2D eigenvalue weighted by molar-refractivity contribution is 5.83. The van der Waals surface area contributed by atoms with Gasteiger partial charge in [-0.2, -0.15) is 18.3 Å². The van der Waals surface area contributed by atoms with Crippen LogP contribution in [0.3, 0.4) is 0 Å². The van der Waals surface area contributed by atoms with Crippen LogP contribution in [-0.4, -0.2) is 43.8 Å².